The number of halogens is 2. The molecule has 0 aliphatic carbocycles. The zero-order valence-corrected chi connectivity index (χ0v) is 17.0. The molecule has 0 unspecified atom stereocenters. The first kappa shape index (κ1) is 18.9. The average molecular weight is 442 g/mol. The van der Waals surface area contributed by atoms with Gasteiger partial charge in [0.25, 0.3) is 0 Å². The Kier molecular flexibility index (Phi) is 5.57. The molecular weight excluding hydrogens is 421 g/mol. The Morgan fingerprint density at radius 1 is 1.14 bits per heavy atom. The molecule has 0 saturated carbocycles. The number of fused-ring (bicyclic) bond motifs is 1. The predicted octanol–water partition coefficient (Wildman–Crippen LogP) is 4.67. The summed E-state index contributed by atoms with van der Waals surface area (Å²) in [6, 6.07) is 17.0. The van der Waals surface area contributed by atoms with Gasteiger partial charge in [-0.2, -0.15) is 0 Å². The highest BCUT2D eigenvalue weighted by Gasteiger charge is 2.25. The van der Waals surface area contributed by atoms with Crippen LogP contribution < -0.4 is 10.2 Å². The maximum atomic E-state index is 13.8. The van der Waals surface area contributed by atoms with Gasteiger partial charge in [0.1, 0.15) is 11.6 Å². The molecule has 1 aliphatic rings. The van der Waals surface area contributed by atoms with E-state index < -0.39 is 0 Å². The van der Waals surface area contributed by atoms with E-state index in [2.05, 4.69) is 31.1 Å². The number of hydrogen-bond acceptors (Lipinski definition) is 3. The molecule has 6 heteroatoms. The van der Waals surface area contributed by atoms with Crippen molar-refractivity contribution in [2.75, 3.05) is 18.0 Å². The van der Waals surface area contributed by atoms with E-state index in [1.807, 2.05) is 42.5 Å². The number of rotatable bonds is 4. The molecule has 1 N–H and O–H groups in total. The van der Waals surface area contributed by atoms with Gasteiger partial charge in [-0.05, 0) is 52.5 Å². The summed E-state index contributed by atoms with van der Waals surface area (Å²) in [5.74, 6) is 0.652. The third-order valence-corrected chi connectivity index (χ3v) is 5.82. The van der Waals surface area contributed by atoms with Crippen LogP contribution in [0.15, 0.2) is 59.1 Å². The molecule has 1 aliphatic heterocycles. The highest BCUT2D eigenvalue weighted by atomic mass is 79.9. The van der Waals surface area contributed by atoms with Crippen LogP contribution in [-0.4, -0.2) is 24.0 Å². The van der Waals surface area contributed by atoms with Crippen LogP contribution >= 0.6 is 15.9 Å². The predicted molar refractivity (Wildman–Crippen MR) is 113 cm³/mol. The average Bonchev–Trinajstić information content (AvgIpc) is 2.73. The third-order valence-electron chi connectivity index (χ3n) is 5.22. The quantitative estimate of drug-likeness (QED) is 0.639. The SMILES string of the molecule is O=C(NCc1ccccc1)C1CCN(c2ccc3cc(Br)c(F)cc3n2)CC1. The Labute approximate surface area is 171 Å². The summed E-state index contributed by atoms with van der Waals surface area (Å²) in [6.07, 6.45) is 1.57. The maximum absolute atomic E-state index is 13.8. The topological polar surface area (TPSA) is 45.2 Å². The fourth-order valence-electron chi connectivity index (χ4n) is 3.58. The number of piperidine rings is 1. The van der Waals surface area contributed by atoms with Crippen molar-refractivity contribution in [3.05, 3.63) is 70.5 Å². The summed E-state index contributed by atoms with van der Waals surface area (Å²) >= 11 is 3.21. The molecular formula is C22H21BrFN3O. The highest BCUT2D eigenvalue weighted by Crippen LogP contribution is 2.27. The van der Waals surface area contributed by atoms with Crippen molar-refractivity contribution >= 4 is 38.6 Å². The van der Waals surface area contributed by atoms with Crippen molar-refractivity contribution < 1.29 is 9.18 Å². The van der Waals surface area contributed by atoms with Crippen LogP contribution in [0, 0.1) is 11.7 Å². The molecule has 1 saturated heterocycles. The Balaban J connectivity index is 1.36. The van der Waals surface area contributed by atoms with E-state index in [1.54, 1.807) is 6.07 Å². The van der Waals surface area contributed by atoms with E-state index in [1.165, 1.54) is 6.07 Å². The van der Waals surface area contributed by atoms with Gasteiger partial charge in [-0.1, -0.05) is 30.3 Å². The minimum Gasteiger partial charge on any atom is -0.357 e. The first-order valence-electron chi connectivity index (χ1n) is 9.42. The van der Waals surface area contributed by atoms with E-state index in [0.717, 1.165) is 42.7 Å². The van der Waals surface area contributed by atoms with E-state index in [9.17, 15) is 9.18 Å². The zero-order valence-electron chi connectivity index (χ0n) is 15.4. The molecule has 0 atom stereocenters. The monoisotopic (exact) mass is 441 g/mol. The van der Waals surface area contributed by atoms with Crippen molar-refractivity contribution in [2.24, 2.45) is 5.92 Å². The lowest BCUT2D eigenvalue weighted by Gasteiger charge is -2.32. The van der Waals surface area contributed by atoms with Crippen LogP contribution in [0.2, 0.25) is 0 Å². The standard InChI is InChI=1S/C22H21BrFN3O/c23-18-12-17-6-7-21(26-20(17)13-19(18)24)27-10-8-16(9-11-27)22(28)25-14-15-4-2-1-3-5-15/h1-7,12-13,16H,8-11,14H2,(H,25,28). The van der Waals surface area contributed by atoms with Crippen LogP contribution in [0.1, 0.15) is 18.4 Å². The van der Waals surface area contributed by atoms with Crippen molar-refractivity contribution in [1.29, 1.82) is 0 Å². The highest BCUT2D eigenvalue weighted by molar-refractivity contribution is 9.10. The molecule has 4 rings (SSSR count). The normalized spacial score (nSPS) is 15.0. The van der Waals surface area contributed by atoms with Crippen LogP contribution in [-0.2, 0) is 11.3 Å². The fourth-order valence-corrected chi connectivity index (χ4v) is 3.94. The zero-order chi connectivity index (χ0) is 19.5. The van der Waals surface area contributed by atoms with Gasteiger partial charge in [-0.3, -0.25) is 4.79 Å². The molecule has 1 amide bonds. The number of anilines is 1. The van der Waals surface area contributed by atoms with E-state index in [4.69, 9.17) is 0 Å². The van der Waals surface area contributed by atoms with Crippen molar-refractivity contribution in [2.45, 2.75) is 19.4 Å². The van der Waals surface area contributed by atoms with Crippen molar-refractivity contribution in [3.63, 3.8) is 0 Å². The van der Waals surface area contributed by atoms with Crippen molar-refractivity contribution in [1.82, 2.24) is 10.3 Å². The summed E-state index contributed by atoms with van der Waals surface area (Å²) in [6.45, 7) is 2.09. The van der Waals surface area contributed by atoms with Gasteiger partial charge in [0.15, 0.2) is 0 Å². The van der Waals surface area contributed by atoms with Gasteiger partial charge >= 0.3 is 0 Å². The first-order valence-corrected chi connectivity index (χ1v) is 10.2. The molecule has 1 aromatic heterocycles. The molecule has 4 nitrogen and oxygen atoms in total. The number of aromatic nitrogens is 1. The number of amides is 1. The van der Waals surface area contributed by atoms with E-state index in [0.29, 0.717) is 16.5 Å². The van der Waals surface area contributed by atoms with Gasteiger partial charge in [-0.15, -0.1) is 0 Å². The van der Waals surface area contributed by atoms with Gasteiger partial charge in [0.05, 0.1) is 9.99 Å². The Morgan fingerprint density at radius 2 is 1.89 bits per heavy atom. The number of carbonyl (C=O) groups is 1. The number of hydrogen-bond donors (Lipinski definition) is 1. The van der Waals surface area contributed by atoms with E-state index in [-0.39, 0.29) is 17.6 Å². The number of nitrogens with zero attached hydrogens (tertiary/aromatic N) is 2. The summed E-state index contributed by atoms with van der Waals surface area (Å²) in [5, 5.41) is 3.94. The number of pyridine rings is 1. The summed E-state index contributed by atoms with van der Waals surface area (Å²) < 4.78 is 14.3. The van der Waals surface area contributed by atoms with Crippen LogP contribution in [0.4, 0.5) is 10.2 Å². The van der Waals surface area contributed by atoms with Crippen molar-refractivity contribution in [3.8, 4) is 0 Å². The van der Waals surface area contributed by atoms with Gasteiger partial charge in [0.2, 0.25) is 5.91 Å². The second-order valence-electron chi connectivity index (χ2n) is 7.09. The lowest BCUT2D eigenvalue weighted by atomic mass is 9.95. The molecule has 2 aromatic carbocycles. The van der Waals surface area contributed by atoms with Crippen LogP contribution in [0.5, 0.6) is 0 Å². The molecule has 2 heterocycles. The molecule has 144 valence electrons. The van der Waals surface area contributed by atoms with Crippen LogP contribution in [0.25, 0.3) is 10.9 Å². The second kappa shape index (κ2) is 8.27. The smallest absolute Gasteiger partial charge is 0.223 e. The van der Waals surface area contributed by atoms with Gasteiger partial charge in [-0.25, -0.2) is 9.37 Å². The molecule has 0 radical (unpaired) electrons. The Morgan fingerprint density at radius 3 is 2.64 bits per heavy atom. The molecule has 0 spiro atoms. The number of nitrogens with one attached hydrogen (secondary N) is 1. The first-order chi connectivity index (χ1) is 13.6. The summed E-state index contributed by atoms with van der Waals surface area (Å²) in [4.78, 5) is 19.2. The minimum absolute atomic E-state index is 0.0221. The Hall–Kier alpha value is -2.47. The lowest BCUT2D eigenvalue weighted by Crippen LogP contribution is -2.40. The van der Waals surface area contributed by atoms with Crippen LogP contribution in [0.3, 0.4) is 0 Å². The maximum Gasteiger partial charge on any atom is 0.223 e. The number of carbonyl (C=O) groups excluding carboxylic acids is 1. The summed E-state index contributed by atoms with van der Waals surface area (Å²) in [7, 11) is 0. The Bertz CT molecular complexity index is 988. The molecule has 28 heavy (non-hydrogen) atoms. The number of benzene rings is 2. The fraction of sp³-hybridized carbons (Fsp3) is 0.273. The third kappa shape index (κ3) is 4.17. The lowest BCUT2D eigenvalue weighted by molar-refractivity contribution is -0.125. The largest absolute Gasteiger partial charge is 0.357 e. The second-order valence-corrected chi connectivity index (χ2v) is 7.95. The van der Waals surface area contributed by atoms with E-state index >= 15 is 0 Å². The molecule has 0 bridgehead atoms. The van der Waals surface area contributed by atoms with Gasteiger partial charge < -0.3 is 10.2 Å². The van der Waals surface area contributed by atoms with Gasteiger partial charge in [0, 0.05) is 37.0 Å². The molecule has 1 fully saturated rings. The molecule has 3 aromatic rings. The summed E-state index contributed by atoms with van der Waals surface area (Å²) in [5.41, 5.74) is 1.74. The minimum atomic E-state index is -0.314.